The van der Waals surface area contributed by atoms with Crippen molar-refractivity contribution >= 4 is 0 Å². The van der Waals surface area contributed by atoms with Crippen molar-refractivity contribution in [2.45, 2.75) is 0 Å². The molecule has 2 aliphatic heterocycles. The van der Waals surface area contributed by atoms with Crippen LogP contribution in [0, 0.1) is 5.92 Å². The van der Waals surface area contributed by atoms with Gasteiger partial charge in [-0.25, -0.2) is 0 Å². The van der Waals surface area contributed by atoms with Gasteiger partial charge in [-0.05, 0) is 11.8 Å². The van der Waals surface area contributed by atoms with Crippen molar-refractivity contribution in [3.8, 4) is 0 Å². The van der Waals surface area contributed by atoms with E-state index >= 15 is 0 Å². The summed E-state index contributed by atoms with van der Waals surface area (Å²) >= 11 is 0. The van der Waals surface area contributed by atoms with Gasteiger partial charge in [0.05, 0.1) is 0 Å². The highest BCUT2D eigenvalue weighted by Gasteiger charge is 2.22. The van der Waals surface area contributed by atoms with Gasteiger partial charge in [0.1, 0.15) is 0 Å². The first kappa shape index (κ1) is 4.39. The lowest BCUT2D eigenvalue weighted by Gasteiger charge is -1.97. The topological polar surface area (TPSA) is 24.1 Å². The van der Waals surface area contributed by atoms with E-state index in [1.807, 2.05) is 0 Å². The molecule has 1 fully saturated rings. The third-order valence-corrected chi connectivity index (χ3v) is 1.90. The van der Waals surface area contributed by atoms with E-state index in [2.05, 4.69) is 16.8 Å². The highest BCUT2D eigenvalue weighted by molar-refractivity contribution is 5.18. The van der Waals surface area contributed by atoms with E-state index < -0.39 is 0 Å². The van der Waals surface area contributed by atoms with Crippen LogP contribution in [0.25, 0.3) is 0 Å². The van der Waals surface area contributed by atoms with E-state index in [0.29, 0.717) is 0 Å². The Morgan fingerprint density at radius 2 is 2.50 bits per heavy atom. The number of nitrogens with one attached hydrogen (secondary N) is 2. The third-order valence-electron chi connectivity index (χ3n) is 1.90. The van der Waals surface area contributed by atoms with Crippen molar-refractivity contribution in [1.29, 1.82) is 0 Å². The Morgan fingerprint density at radius 1 is 1.50 bits per heavy atom. The molecule has 44 valence electrons. The Morgan fingerprint density at radius 3 is 3.38 bits per heavy atom. The lowest BCUT2D eigenvalue weighted by Crippen LogP contribution is -2.16. The van der Waals surface area contributed by atoms with Crippen LogP contribution in [0.4, 0.5) is 0 Å². The highest BCUT2D eigenvalue weighted by atomic mass is 15.0. The quantitative estimate of drug-likeness (QED) is 0.447. The monoisotopic (exact) mass is 110 g/mol. The summed E-state index contributed by atoms with van der Waals surface area (Å²) in [5.74, 6) is 0.815. The molecule has 2 rings (SSSR count). The van der Waals surface area contributed by atoms with Crippen LogP contribution >= 0.6 is 0 Å². The van der Waals surface area contributed by atoms with E-state index in [9.17, 15) is 0 Å². The maximum atomic E-state index is 3.32. The van der Waals surface area contributed by atoms with Crippen LogP contribution in [0.1, 0.15) is 0 Å². The molecular formula is C6H10N2. The lowest BCUT2D eigenvalue weighted by atomic mass is 10.1. The Kier molecular flexibility index (Phi) is 0.815. The summed E-state index contributed by atoms with van der Waals surface area (Å²) in [4.78, 5) is 0. The smallest absolute Gasteiger partial charge is 0.0220 e. The van der Waals surface area contributed by atoms with E-state index in [0.717, 1.165) is 19.0 Å². The molecule has 2 heteroatoms. The first-order valence-corrected chi connectivity index (χ1v) is 3.10. The Bertz CT molecular complexity index is 128. The SMILES string of the molecule is C1=C2CNC[C@@H]2CN1. The van der Waals surface area contributed by atoms with Gasteiger partial charge in [-0.2, -0.15) is 0 Å². The van der Waals surface area contributed by atoms with Gasteiger partial charge in [0.15, 0.2) is 0 Å². The normalized spacial score (nSPS) is 34.0. The van der Waals surface area contributed by atoms with Gasteiger partial charge in [0.2, 0.25) is 0 Å². The maximum absolute atomic E-state index is 3.32. The number of hydrogen-bond donors (Lipinski definition) is 2. The number of rotatable bonds is 0. The molecule has 0 aromatic heterocycles. The molecule has 0 unspecified atom stereocenters. The molecule has 0 bridgehead atoms. The minimum absolute atomic E-state index is 0.815. The van der Waals surface area contributed by atoms with Gasteiger partial charge in [-0.1, -0.05) is 0 Å². The van der Waals surface area contributed by atoms with Crippen molar-refractivity contribution < 1.29 is 0 Å². The Labute approximate surface area is 49.0 Å². The predicted molar refractivity (Wildman–Crippen MR) is 32.4 cm³/mol. The Hall–Kier alpha value is -0.500. The molecule has 1 atom stereocenters. The van der Waals surface area contributed by atoms with Gasteiger partial charge >= 0.3 is 0 Å². The molecule has 0 amide bonds. The van der Waals surface area contributed by atoms with Crippen molar-refractivity contribution in [3.63, 3.8) is 0 Å². The molecule has 0 saturated carbocycles. The molecule has 2 aliphatic rings. The zero-order valence-corrected chi connectivity index (χ0v) is 4.78. The molecule has 8 heavy (non-hydrogen) atoms. The second kappa shape index (κ2) is 1.49. The fourth-order valence-electron chi connectivity index (χ4n) is 1.37. The van der Waals surface area contributed by atoms with Gasteiger partial charge < -0.3 is 10.6 Å². The minimum Gasteiger partial charge on any atom is -0.390 e. The van der Waals surface area contributed by atoms with E-state index in [1.165, 1.54) is 6.54 Å². The first-order valence-electron chi connectivity index (χ1n) is 3.10. The molecule has 0 radical (unpaired) electrons. The minimum atomic E-state index is 0.815. The molecule has 0 aromatic carbocycles. The fourth-order valence-corrected chi connectivity index (χ4v) is 1.37. The van der Waals surface area contributed by atoms with Crippen LogP contribution in [0.5, 0.6) is 0 Å². The maximum Gasteiger partial charge on any atom is 0.0220 e. The molecule has 0 aliphatic carbocycles. The van der Waals surface area contributed by atoms with Gasteiger partial charge in [-0.15, -0.1) is 0 Å². The zero-order chi connectivity index (χ0) is 5.40. The molecule has 2 heterocycles. The van der Waals surface area contributed by atoms with Crippen molar-refractivity contribution in [2.24, 2.45) is 5.92 Å². The third kappa shape index (κ3) is 0.464. The Balaban J connectivity index is 2.20. The molecule has 2 nitrogen and oxygen atoms in total. The molecular weight excluding hydrogens is 100 g/mol. The summed E-state index contributed by atoms with van der Waals surface area (Å²) < 4.78 is 0. The predicted octanol–water partition coefficient (Wildman–Crippen LogP) is -0.307. The molecule has 1 saturated heterocycles. The van der Waals surface area contributed by atoms with Gasteiger partial charge in [-0.3, -0.25) is 0 Å². The summed E-state index contributed by atoms with van der Waals surface area (Å²) in [7, 11) is 0. The van der Waals surface area contributed by atoms with Crippen LogP contribution in [0.2, 0.25) is 0 Å². The van der Waals surface area contributed by atoms with Crippen LogP contribution < -0.4 is 10.6 Å². The van der Waals surface area contributed by atoms with Crippen LogP contribution in [0.15, 0.2) is 11.8 Å². The van der Waals surface area contributed by atoms with Gasteiger partial charge in [0, 0.05) is 25.6 Å². The van der Waals surface area contributed by atoms with E-state index in [4.69, 9.17) is 0 Å². The second-order valence-corrected chi connectivity index (χ2v) is 2.46. The van der Waals surface area contributed by atoms with E-state index in [1.54, 1.807) is 5.57 Å². The lowest BCUT2D eigenvalue weighted by molar-refractivity contribution is 0.652. The average molecular weight is 110 g/mol. The number of hydrogen-bond acceptors (Lipinski definition) is 2. The zero-order valence-electron chi connectivity index (χ0n) is 4.78. The standard InChI is InChI=1S/C6H10N2/c1-5-2-8-4-6(5)3-7-1/h1,6-8H,2-4H2/t6-/m0/s1. The summed E-state index contributed by atoms with van der Waals surface area (Å²) in [6, 6.07) is 0. The van der Waals surface area contributed by atoms with Crippen LogP contribution in [-0.4, -0.2) is 19.6 Å². The van der Waals surface area contributed by atoms with Gasteiger partial charge in [0.25, 0.3) is 0 Å². The summed E-state index contributed by atoms with van der Waals surface area (Å²) in [5, 5.41) is 6.54. The van der Waals surface area contributed by atoms with Crippen molar-refractivity contribution in [3.05, 3.63) is 11.8 Å². The van der Waals surface area contributed by atoms with Crippen molar-refractivity contribution in [2.75, 3.05) is 19.6 Å². The summed E-state index contributed by atoms with van der Waals surface area (Å²) in [5.41, 5.74) is 1.56. The second-order valence-electron chi connectivity index (χ2n) is 2.46. The molecule has 2 N–H and O–H groups in total. The highest BCUT2D eigenvalue weighted by Crippen LogP contribution is 2.17. The number of fused-ring (bicyclic) bond motifs is 1. The first-order chi connectivity index (χ1) is 3.97. The molecule has 0 spiro atoms. The molecule has 0 aromatic rings. The average Bonchev–Trinajstić information content (AvgIpc) is 2.15. The fraction of sp³-hybridized carbons (Fsp3) is 0.667. The van der Waals surface area contributed by atoms with Crippen molar-refractivity contribution in [1.82, 2.24) is 10.6 Å². The summed E-state index contributed by atoms with van der Waals surface area (Å²) in [6.07, 6.45) is 2.14. The summed E-state index contributed by atoms with van der Waals surface area (Å²) in [6.45, 7) is 3.44. The van der Waals surface area contributed by atoms with Crippen LogP contribution in [-0.2, 0) is 0 Å². The largest absolute Gasteiger partial charge is 0.390 e. The van der Waals surface area contributed by atoms with Crippen LogP contribution in [0.3, 0.4) is 0 Å². The van der Waals surface area contributed by atoms with E-state index in [-0.39, 0.29) is 0 Å².